The molecule has 1 N–H and O–H groups in total. The molecule has 94 valence electrons. The Labute approximate surface area is 103 Å². The number of rotatable bonds is 4. The van der Waals surface area contributed by atoms with Gasteiger partial charge in [0.15, 0.2) is 0 Å². The fraction of sp³-hybridized carbons (Fsp3) is 0.692. The summed E-state index contributed by atoms with van der Waals surface area (Å²) < 4.78 is 0. The summed E-state index contributed by atoms with van der Waals surface area (Å²) in [7, 11) is 0. The molecule has 0 amide bonds. The maximum atomic E-state index is 4.37. The lowest BCUT2D eigenvalue weighted by Gasteiger charge is -2.34. The Morgan fingerprint density at radius 3 is 3.12 bits per heavy atom. The molecular weight excluding hydrogens is 212 g/mol. The van der Waals surface area contributed by atoms with E-state index in [-0.39, 0.29) is 0 Å². The van der Waals surface area contributed by atoms with Crippen molar-refractivity contribution in [3.8, 4) is 0 Å². The first kappa shape index (κ1) is 12.3. The predicted octanol–water partition coefficient (Wildman–Crippen LogP) is 1.75. The summed E-state index contributed by atoms with van der Waals surface area (Å²) in [6.07, 6.45) is 5.38. The van der Waals surface area contributed by atoms with Crippen LogP contribution in [0.3, 0.4) is 0 Å². The molecule has 0 spiro atoms. The predicted molar refractivity (Wildman–Crippen MR) is 70.3 cm³/mol. The molecule has 4 nitrogen and oxygen atoms in total. The first-order chi connectivity index (χ1) is 8.29. The first-order valence-corrected chi connectivity index (χ1v) is 6.56. The second-order valence-electron chi connectivity index (χ2n) is 4.76. The van der Waals surface area contributed by atoms with Crippen molar-refractivity contribution in [3.63, 3.8) is 0 Å². The van der Waals surface area contributed by atoms with Crippen molar-refractivity contribution >= 4 is 5.82 Å². The van der Waals surface area contributed by atoms with E-state index >= 15 is 0 Å². The number of aryl methyl sites for hydroxylation is 1. The molecule has 1 fully saturated rings. The van der Waals surface area contributed by atoms with Gasteiger partial charge in [0.05, 0.1) is 0 Å². The average Bonchev–Trinajstić information content (AvgIpc) is 2.37. The van der Waals surface area contributed by atoms with E-state index in [1.807, 2.05) is 6.92 Å². The van der Waals surface area contributed by atoms with E-state index < -0.39 is 0 Å². The molecule has 1 aliphatic rings. The lowest BCUT2D eigenvalue weighted by atomic mass is 10.1. The molecule has 2 heterocycles. The SMILES string of the molecule is CCCNC1CCCN(c2cc(C)ncn2)C1. The van der Waals surface area contributed by atoms with Crippen LogP contribution in [0.2, 0.25) is 0 Å². The smallest absolute Gasteiger partial charge is 0.132 e. The normalized spacial score (nSPS) is 20.6. The molecule has 0 radical (unpaired) electrons. The van der Waals surface area contributed by atoms with Gasteiger partial charge in [-0.05, 0) is 32.7 Å². The lowest BCUT2D eigenvalue weighted by molar-refractivity contribution is 0.421. The van der Waals surface area contributed by atoms with Crippen LogP contribution in [0.1, 0.15) is 31.9 Å². The summed E-state index contributed by atoms with van der Waals surface area (Å²) >= 11 is 0. The van der Waals surface area contributed by atoms with Crippen LogP contribution in [-0.4, -0.2) is 35.6 Å². The van der Waals surface area contributed by atoms with E-state index in [0.717, 1.165) is 31.1 Å². The molecule has 0 aliphatic carbocycles. The second-order valence-corrected chi connectivity index (χ2v) is 4.76. The molecule has 0 saturated carbocycles. The van der Waals surface area contributed by atoms with Crippen LogP contribution in [-0.2, 0) is 0 Å². The number of hydrogen-bond donors (Lipinski definition) is 1. The molecular formula is C13H22N4. The van der Waals surface area contributed by atoms with Gasteiger partial charge in [-0.2, -0.15) is 0 Å². The highest BCUT2D eigenvalue weighted by molar-refractivity contribution is 5.39. The van der Waals surface area contributed by atoms with Crippen LogP contribution in [0.15, 0.2) is 12.4 Å². The van der Waals surface area contributed by atoms with Crippen molar-refractivity contribution in [1.82, 2.24) is 15.3 Å². The van der Waals surface area contributed by atoms with Crippen molar-refractivity contribution in [2.24, 2.45) is 0 Å². The standard InChI is InChI=1S/C13H22N4/c1-3-6-14-12-5-4-7-17(9-12)13-8-11(2)15-10-16-13/h8,10,12,14H,3-7,9H2,1-2H3. The van der Waals surface area contributed by atoms with Gasteiger partial charge in [-0.15, -0.1) is 0 Å². The molecule has 1 atom stereocenters. The second kappa shape index (κ2) is 5.96. The van der Waals surface area contributed by atoms with E-state index in [4.69, 9.17) is 0 Å². The number of anilines is 1. The Morgan fingerprint density at radius 2 is 2.35 bits per heavy atom. The molecule has 1 unspecified atom stereocenters. The zero-order valence-electron chi connectivity index (χ0n) is 10.8. The van der Waals surface area contributed by atoms with Crippen molar-refractivity contribution in [2.45, 2.75) is 39.2 Å². The van der Waals surface area contributed by atoms with Crippen LogP contribution in [0.5, 0.6) is 0 Å². The highest BCUT2D eigenvalue weighted by Crippen LogP contribution is 2.17. The maximum Gasteiger partial charge on any atom is 0.132 e. The molecule has 1 aromatic rings. The summed E-state index contributed by atoms with van der Waals surface area (Å²) in [5.41, 5.74) is 1.04. The van der Waals surface area contributed by atoms with Gasteiger partial charge in [-0.1, -0.05) is 6.92 Å². The summed E-state index contributed by atoms with van der Waals surface area (Å²) in [4.78, 5) is 10.9. The van der Waals surface area contributed by atoms with E-state index in [2.05, 4.69) is 33.2 Å². The van der Waals surface area contributed by atoms with Gasteiger partial charge >= 0.3 is 0 Å². The third-order valence-electron chi connectivity index (χ3n) is 3.22. The van der Waals surface area contributed by atoms with Gasteiger partial charge in [0, 0.05) is 30.9 Å². The molecule has 4 heteroatoms. The molecule has 0 aromatic carbocycles. The number of piperidine rings is 1. The van der Waals surface area contributed by atoms with Gasteiger partial charge in [-0.25, -0.2) is 9.97 Å². The molecule has 2 rings (SSSR count). The Hall–Kier alpha value is -1.16. The Balaban J connectivity index is 1.97. The number of nitrogens with zero attached hydrogens (tertiary/aromatic N) is 3. The van der Waals surface area contributed by atoms with Crippen LogP contribution in [0.4, 0.5) is 5.82 Å². The fourth-order valence-electron chi connectivity index (χ4n) is 2.31. The van der Waals surface area contributed by atoms with E-state index in [0.29, 0.717) is 6.04 Å². The largest absolute Gasteiger partial charge is 0.355 e. The van der Waals surface area contributed by atoms with Gasteiger partial charge in [-0.3, -0.25) is 0 Å². The molecule has 1 saturated heterocycles. The Bertz CT molecular complexity index is 353. The lowest BCUT2D eigenvalue weighted by Crippen LogP contribution is -2.46. The molecule has 17 heavy (non-hydrogen) atoms. The highest BCUT2D eigenvalue weighted by atomic mass is 15.2. The third-order valence-corrected chi connectivity index (χ3v) is 3.22. The highest BCUT2D eigenvalue weighted by Gasteiger charge is 2.20. The fourth-order valence-corrected chi connectivity index (χ4v) is 2.31. The summed E-state index contributed by atoms with van der Waals surface area (Å²) in [6, 6.07) is 2.68. The molecule has 0 bridgehead atoms. The number of hydrogen-bond acceptors (Lipinski definition) is 4. The Morgan fingerprint density at radius 1 is 1.47 bits per heavy atom. The van der Waals surface area contributed by atoms with E-state index in [1.165, 1.54) is 19.3 Å². The molecule has 1 aliphatic heterocycles. The number of aromatic nitrogens is 2. The quantitative estimate of drug-likeness (QED) is 0.862. The summed E-state index contributed by atoms with van der Waals surface area (Å²) in [5.74, 6) is 1.07. The monoisotopic (exact) mass is 234 g/mol. The Kier molecular flexibility index (Phi) is 4.31. The summed E-state index contributed by atoms with van der Waals surface area (Å²) in [6.45, 7) is 7.52. The van der Waals surface area contributed by atoms with Crippen molar-refractivity contribution in [1.29, 1.82) is 0 Å². The van der Waals surface area contributed by atoms with Crippen molar-refractivity contribution < 1.29 is 0 Å². The van der Waals surface area contributed by atoms with Crippen LogP contribution in [0, 0.1) is 6.92 Å². The van der Waals surface area contributed by atoms with Gasteiger partial charge in [0.25, 0.3) is 0 Å². The minimum absolute atomic E-state index is 0.610. The van der Waals surface area contributed by atoms with Crippen LogP contribution in [0.25, 0.3) is 0 Å². The van der Waals surface area contributed by atoms with E-state index in [9.17, 15) is 0 Å². The van der Waals surface area contributed by atoms with Crippen LogP contribution >= 0.6 is 0 Å². The number of nitrogens with one attached hydrogen (secondary N) is 1. The minimum atomic E-state index is 0.610. The maximum absolute atomic E-state index is 4.37. The first-order valence-electron chi connectivity index (χ1n) is 6.56. The van der Waals surface area contributed by atoms with Crippen molar-refractivity contribution in [2.75, 3.05) is 24.5 Å². The van der Waals surface area contributed by atoms with Crippen LogP contribution < -0.4 is 10.2 Å². The van der Waals surface area contributed by atoms with Gasteiger partial charge < -0.3 is 10.2 Å². The van der Waals surface area contributed by atoms with E-state index in [1.54, 1.807) is 6.33 Å². The zero-order valence-corrected chi connectivity index (χ0v) is 10.8. The van der Waals surface area contributed by atoms with Crippen molar-refractivity contribution in [3.05, 3.63) is 18.1 Å². The zero-order chi connectivity index (χ0) is 12.1. The van der Waals surface area contributed by atoms with Gasteiger partial charge in [0.1, 0.15) is 12.1 Å². The topological polar surface area (TPSA) is 41.0 Å². The average molecular weight is 234 g/mol. The third kappa shape index (κ3) is 3.40. The van der Waals surface area contributed by atoms with Gasteiger partial charge in [0.2, 0.25) is 0 Å². The molecule has 1 aromatic heterocycles. The summed E-state index contributed by atoms with van der Waals surface area (Å²) in [5, 5.41) is 3.60. The minimum Gasteiger partial charge on any atom is -0.355 e.